The summed E-state index contributed by atoms with van der Waals surface area (Å²) in [4.78, 5) is 37.9. The number of hydrogen-bond acceptors (Lipinski definition) is 6. The fourth-order valence-electron chi connectivity index (χ4n) is 10.0. The molecule has 0 aromatic carbocycles. The number of esters is 3. The molecule has 73 heavy (non-hydrogen) atoms. The average Bonchev–Trinajstić information content (AvgIpc) is 3.39. The van der Waals surface area contributed by atoms with Gasteiger partial charge in [0.05, 0.1) is 0 Å². The molecule has 0 bridgehead atoms. The van der Waals surface area contributed by atoms with Crippen LogP contribution in [0.15, 0.2) is 24.3 Å². The van der Waals surface area contributed by atoms with E-state index in [0.717, 1.165) is 70.6 Å². The summed E-state index contributed by atoms with van der Waals surface area (Å²) in [5, 5.41) is 0. The van der Waals surface area contributed by atoms with E-state index in [1.54, 1.807) is 0 Å². The molecular formula is C67H126O6. The topological polar surface area (TPSA) is 78.9 Å². The lowest BCUT2D eigenvalue weighted by Crippen LogP contribution is -2.30. The SMILES string of the molecule is CCCCCCC/C=C\C/C=C\CCCCCCCCCCCCCC(=O)OC(COC(=O)CCCCCCC)COC(=O)CCCCCCCCCCCCCCCCCCCCCCCCCCCCC. The van der Waals surface area contributed by atoms with Crippen LogP contribution in [0.4, 0.5) is 0 Å². The molecule has 430 valence electrons. The minimum Gasteiger partial charge on any atom is -0.462 e. The van der Waals surface area contributed by atoms with Gasteiger partial charge >= 0.3 is 17.9 Å². The van der Waals surface area contributed by atoms with Crippen molar-refractivity contribution in [1.82, 2.24) is 0 Å². The summed E-state index contributed by atoms with van der Waals surface area (Å²) in [7, 11) is 0. The van der Waals surface area contributed by atoms with Gasteiger partial charge in [0.25, 0.3) is 0 Å². The summed E-state index contributed by atoms with van der Waals surface area (Å²) in [5.74, 6) is -0.860. The summed E-state index contributed by atoms with van der Waals surface area (Å²) >= 11 is 0. The molecule has 0 heterocycles. The molecule has 0 aromatic heterocycles. The summed E-state index contributed by atoms with van der Waals surface area (Å²) in [5.41, 5.74) is 0. The third-order valence-corrected chi connectivity index (χ3v) is 15.0. The number of hydrogen-bond donors (Lipinski definition) is 0. The zero-order valence-corrected chi connectivity index (χ0v) is 49.4. The molecule has 0 radical (unpaired) electrons. The molecule has 1 unspecified atom stereocenters. The molecule has 0 saturated carbocycles. The van der Waals surface area contributed by atoms with Crippen LogP contribution in [0.25, 0.3) is 0 Å². The van der Waals surface area contributed by atoms with Crippen molar-refractivity contribution in [2.45, 2.75) is 374 Å². The molecule has 0 saturated heterocycles. The largest absolute Gasteiger partial charge is 0.462 e. The van der Waals surface area contributed by atoms with Crippen LogP contribution < -0.4 is 0 Å². The second kappa shape index (κ2) is 62.4. The Labute approximate surface area is 455 Å². The number of carbonyl (C=O) groups excluding carboxylic acids is 3. The zero-order chi connectivity index (χ0) is 52.9. The molecule has 0 spiro atoms. The number of rotatable bonds is 61. The quantitative estimate of drug-likeness (QED) is 0.0261. The highest BCUT2D eigenvalue weighted by molar-refractivity contribution is 5.71. The Kier molecular flexibility index (Phi) is 60.6. The average molecular weight is 1030 g/mol. The highest BCUT2D eigenvalue weighted by atomic mass is 16.6. The van der Waals surface area contributed by atoms with E-state index in [0.29, 0.717) is 19.3 Å². The van der Waals surface area contributed by atoms with Crippen LogP contribution >= 0.6 is 0 Å². The first kappa shape index (κ1) is 70.9. The first-order valence-electron chi connectivity index (χ1n) is 32.8. The molecule has 6 heteroatoms. The summed E-state index contributed by atoms with van der Waals surface area (Å²) in [6.45, 7) is 6.61. The van der Waals surface area contributed by atoms with E-state index >= 15 is 0 Å². The van der Waals surface area contributed by atoms with Crippen molar-refractivity contribution in [3.05, 3.63) is 24.3 Å². The molecule has 6 nitrogen and oxygen atoms in total. The predicted octanol–water partition coefficient (Wildman–Crippen LogP) is 22.2. The number of carbonyl (C=O) groups is 3. The third-order valence-electron chi connectivity index (χ3n) is 15.0. The van der Waals surface area contributed by atoms with E-state index < -0.39 is 6.10 Å². The molecule has 0 aliphatic heterocycles. The van der Waals surface area contributed by atoms with Gasteiger partial charge in [-0.2, -0.15) is 0 Å². The van der Waals surface area contributed by atoms with Gasteiger partial charge in [-0.1, -0.05) is 321 Å². The Bertz CT molecular complexity index is 1180. The van der Waals surface area contributed by atoms with E-state index in [2.05, 4.69) is 45.1 Å². The van der Waals surface area contributed by atoms with Crippen molar-refractivity contribution in [3.8, 4) is 0 Å². The van der Waals surface area contributed by atoms with Gasteiger partial charge in [0.15, 0.2) is 6.10 Å². The molecule has 1 atom stereocenters. The van der Waals surface area contributed by atoms with Crippen LogP contribution in [0.1, 0.15) is 367 Å². The van der Waals surface area contributed by atoms with E-state index in [9.17, 15) is 14.4 Å². The minimum atomic E-state index is -0.766. The highest BCUT2D eigenvalue weighted by Crippen LogP contribution is 2.18. The maximum Gasteiger partial charge on any atom is 0.306 e. The molecule has 0 amide bonds. The van der Waals surface area contributed by atoms with E-state index in [1.165, 1.54) is 257 Å². The van der Waals surface area contributed by atoms with Crippen molar-refractivity contribution >= 4 is 17.9 Å². The fraction of sp³-hybridized carbons (Fsp3) is 0.896. The van der Waals surface area contributed by atoms with Gasteiger partial charge in [-0.25, -0.2) is 0 Å². The third kappa shape index (κ3) is 60.6. The smallest absolute Gasteiger partial charge is 0.306 e. The van der Waals surface area contributed by atoms with Gasteiger partial charge in [0.2, 0.25) is 0 Å². The van der Waals surface area contributed by atoms with E-state index in [-0.39, 0.29) is 31.1 Å². The predicted molar refractivity (Wildman–Crippen MR) is 316 cm³/mol. The van der Waals surface area contributed by atoms with Gasteiger partial charge < -0.3 is 14.2 Å². The number of ether oxygens (including phenoxy) is 3. The molecule has 0 aliphatic rings. The van der Waals surface area contributed by atoms with Gasteiger partial charge in [0.1, 0.15) is 13.2 Å². The lowest BCUT2D eigenvalue weighted by Gasteiger charge is -2.18. The molecule has 0 N–H and O–H groups in total. The lowest BCUT2D eigenvalue weighted by atomic mass is 10.0. The van der Waals surface area contributed by atoms with Crippen LogP contribution in [-0.4, -0.2) is 37.2 Å². The zero-order valence-electron chi connectivity index (χ0n) is 49.4. The van der Waals surface area contributed by atoms with Gasteiger partial charge in [-0.05, 0) is 51.4 Å². The maximum absolute atomic E-state index is 12.8. The molecule has 0 aromatic rings. The van der Waals surface area contributed by atoms with Crippen molar-refractivity contribution in [1.29, 1.82) is 0 Å². The van der Waals surface area contributed by atoms with Crippen molar-refractivity contribution < 1.29 is 28.6 Å². The maximum atomic E-state index is 12.8. The van der Waals surface area contributed by atoms with Crippen LogP contribution in [0.2, 0.25) is 0 Å². The van der Waals surface area contributed by atoms with Crippen molar-refractivity contribution in [2.24, 2.45) is 0 Å². The number of unbranched alkanes of at least 4 members (excludes halogenated alkanes) is 46. The van der Waals surface area contributed by atoms with Crippen LogP contribution in [-0.2, 0) is 28.6 Å². The van der Waals surface area contributed by atoms with Gasteiger partial charge in [0, 0.05) is 19.3 Å². The second-order valence-corrected chi connectivity index (χ2v) is 22.4. The summed E-state index contributed by atoms with van der Waals surface area (Å²) in [6, 6.07) is 0. The van der Waals surface area contributed by atoms with E-state index in [4.69, 9.17) is 14.2 Å². The number of allylic oxidation sites excluding steroid dienone is 4. The van der Waals surface area contributed by atoms with Crippen molar-refractivity contribution in [2.75, 3.05) is 13.2 Å². The normalized spacial score (nSPS) is 12.1. The summed E-state index contributed by atoms with van der Waals surface area (Å²) in [6.07, 6.45) is 75.4. The molecule has 0 rings (SSSR count). The molecule has 0 aliphatic carbocycles. The fourth-order valence-corrected chi connectivity index (χ4v) is 10.0. The van der Waals surface area contributed by atoms with Gasteiger partial charge in [-0.15, -0.1) is 0 Å². The Morgan fingerprint density at radius 1 is 0.274 bits per heavy atom. The minimum absolute atomic E-state index is 0.0673. The Balaban J connectivity index is 3.96. The van der Waals surface area contributed by atoms with Crippen LogP contribution in [0.5, 0.6) is 0 Å². The molecule has 0 fully saturated rings. The Morgan fingerprint density at radius 2 is 0.493 bits per heavy atom. The van der Waals surface area contributed by atoms with Crippen molar-refractivity contribution in [3.63, 3.8) is 0 Å². The standard InChI is InChI=1S/C67H126O6/c1-4-7-10-13-15-17-19-21-23-25-27-29-31-32-33-34-36-37-39-41-43-45-47-49-51-54-57-60-66(69)72-63-64(62-71-65(68)59-56-53-12-9-6-3)73-67(70)61-58-55-52-50-48-46-44-42-40-38-35-30-28-26-24-22-20-18-16-14-11-8-5-2/h20,22,26,28,64H,4-19,21,23-25,27,29-63H2,1-3H3/b22-20-,28-26-. The first-order chi connectivity index (χ1) is 36.0. The molecular weight excluding hydrogens is 901 g/mol. The second-order valence-electron chi connectivity index (χ2n) is 22.4. The Morgan fingerprint density at radius 3 is 0.753 bits per heavy atom. The highest BCUT2D eigenvalue weighted by Gasteiger charge is 2.19. The Hall–Kier alpha value is -2.11. The van der Waals surface area contributed by atoms with Crippen LogP contribution in [0.3, 0.4) is 0 Å². The first-order valence-corrected chi connectivity index (χ1v) is 32.8. The van der Waals surface area contributed by atoms with Gasteiger partial charge in [-0.3, -0.25) is 14.4 Å². The monoisotopic (exact) mass is 1030 g/mol. The van der Waals surface area contributed by atoms with Crippen LogP contribution in [0, 0.1) is 0 Å². The lowest BCUT2D eigenvalue weighted by molar-refractivity contribution is -0.167. The summed E-state index contributed by atoms with van der Waals surface area (Å²) < 4.78 is 16.8. The van der Waals surface area contributed by atoms with E-state index in [1.807, 2.05) is 0 Å².